The van der Waals surface area contributed by atoms with Gasteiger partial charge in [0.2, 0.25) is 5.91 Å². The second-order valence-corrected chi connectivity index (χ2v) is 5.23. The van der Waals surface area contributed by atoms with Gasteiger partial charge in [-0.25, -0.2) is 0 Å². The van der Waals surface area contributed by atoms with Gasteiger partial charge in [-0.05, 0) is 32.1 Å². The maximum Gasteiger partial charge on any atom is 0.239 e. The molecule has 17 heavy (non-hydrogen) atoms. The number of amides is 1. The second kappa shape index (κ2) is 5.83. The van der Waals surface area contributed by atoms with Crippen molar-refractivity contribution in [2.75, 3.05) is 26.7 Å². The fraction of sp³-hybridized carbons (Fsp3) is 0.923. The molecule has 98 valence electrons. The largest absolute Gasteiger partial charge is 0.380 e. The standard InChI is InChI=1S/C13H24N2O2/c1-3-15(9-10-5-4-6-10)13(16)12-7-11(17-2)8-14-12/h10-12,14H,3-9H2,1-2H3. The molecule has 0 radical (unpaired) electrons. The highest BCUT2D eigenvalue weighted by atomic mass is 16.5. The van der Waals surface area contributed by atoms with Crippen LogP contribution in [0, 0.1) is 5.92 Å². The Morgan fingerprint density at radius 3 is 2.71 bits per heavy atom. The van der Waals surface area contributed by atoms with Crippen molar-refractivity contribution in [2.24, 2.45) is 5.92 Å². The maximum absolute atomic E-state index is 12.3. The lowest BCUT2D eigenvalue weighted by Crippen LogP contribution is -2.46. The number of nitrogens with zero attached hydrogens (tertiary/aromatic N) is 1. The highest BCUT2D eigenvalue weighted by Crippen LogP contribution is 2.27. The molecule has 2 atom stereocenters. The van der Waals surface area contributed by atoms with Gasteiger partial charge in [0.1, 0.15) is 0 Å². The van der Waals surface area contributed by atoms with E-state index in [4.69, 9.17) is 4.74 Å². The lowest BCUT2D eigenvalue weighted by Gasteiger charge is -2.33. The summed E-state index contributed by atoms with van der Waals surface area (Å²) < 4.78 is 5.29. The minimum atomic E-state index is -0.0278. The zero-order valence-corrected chi connectivity index (χ0v) is 10.9. The molecule has 0 aromatic carbocycles. The first kappa shape index (κ1) is 12.8. The van der Waals surface area contributed by atoms with E-state index in [9.17, 15) is 4.79 Å². The quantitative estimate of drug-likeness (QED) is 0.780. The van der Waals surface area contributed by atoms with Crippen molar-refractivity contribution >= 4 is 5.91 Å². The number of rotatable bonds is 5. The van der Waals surface area contributed by atoms with E-state index in [1.807, 2.05) is 4.90 Å². The van der Waals surface area contributed by atoms with Gasteiger partial charge in [-0.3, -0.25) is 4.79 Å². The third kappa shape index (κ3) is 2.99. The monoisotopic (exact) mass is 240 g/mol. The van der Waals surface area contributed by atoms with E-state index in [0.717, 1.165) is 32.0 Å². The zero-order chi connectivity index (χ0) is 12.3. The van der Waals surface area contributed by atoms with E-state index in [1.165, 1.54) is 19.3 Å². The predicted molar refractivity (Wildman–Crippen MR) is 66.8 cm³/mol. The first-order valence-corrected chi connectivity index (χ1v) is 6.79. The summed E-state index contributed by atoms with van der Waals surface area (Å²) in [7, 11) is 1.71. The first-order valence-electron chi connectivity index (χ1n) is 6.79. The SMILES string of the molecule is CCN(CC1CCC1)C(=O)C1CC(OC)CN1. The smallest absolute Gasteiger partial charge is 0.239 e. The summed E-state index contributed by atoms with van der Waals surface area (Å²) in [6, 6.07) is -0.0278. The van der Waals surface area contributed by atoms with Crippen LogP contribution in [0.25, 0.3) is 0 Å². The minimum absolute atomic E-state index is 0.0278. The molecule has 0 spiro atoms. The van der Waals surface area contributed by atoms with Crippen molar-refractivity contribution in [3.05, 3.63) is 0 Å². The molecule has 1 heterocycles. The Hall–Kier alpha value is -0.610. The van der Waals surface area contributed by atoms with Gasteiger partial charge in [-0.1, -0.05) is 6.42 Å². The minimum Gasteiger partial charge on any atom is -0.380 e. The Bertz CT molecular complexity index is 266. The molecule has 1 aliphatic heterocycles. The van der Waals surface area contributed by atoms with Gasteiger partial charge in [0.15, 0.2) is 0 Å². The molecule has 0 aromatic heterocycles. The third-order valence-corrected chi connectivity index (χ3v) is 4.12. The van der Waals surface area contributed by atoms with Gasteiger partial charge >= 0.3 is 0 Å². The number of carbonyl (C=O) groups is 1. The summed E-state index contributed by atoms with van der Waals surface area (Å²) >= 11 is 0. The second-order valence-electron chi connectivity index (χ2n) is 5.23. The van der Waals surface area contributed by atoms with E-state index in [-0.39, 0.29) is 18.1 Å². The Balaban J connectivity index is 1.83. The van der Waals surface area contributed by atoms with Crippen LogP contribution in [-0.4, -0.2) is 49.7 Å². The van der Waals surface area contributed by atoms with Crippen LogP contribution < -0.4 is 5.32 Å². The highest BCUT2D eigenvalue weighted by Gasteiger charge is 2.33. The number of carbonyl (C=O) groups excluding carboxylic acids is 1. The number of hydrogen-bond donors (Lipinski definition) is 1. The molecule has 0 aromatic rings. The maximum atomic E-state index is 12.3. The van der Waals surface area contributed by atoms with Crippen LogP contribution in [0.2, 0.25) is 0 Å². The number of likely N-dealkylation sites (N-methyl/N-ethyl adjacent to an activating group) is 1. The van der Waals surface area contributed by atoms with Crippen molar-refractivity contribution in [3.63, 3.8) is 0 Å². The van der Waals surface area contributed by atoms with E-state index >= 15 is 0 Å². The van der Waals surface area contributed by atoms with Crippen LogP contribution in [0.5, 0.6) is 0 Å². The van der Waals surface area contributed by atoms with Crippen LogP contribution in [0.1, 0.15) is 32.6 Å². The molecule has 1 saturated carbocycles. The van der Waals surface area contributed by atoms with Crippen LogP contribution in [0.15, 0.2) is 0 Å². The average Bonchev–Trinajstić information content (AvgIpc) is 2.75. The van der Waals surface area contributed by atoms with Crippen LogP contribution in [-0.2, 0) is 9.53 Å². The molecule has 1 aliphatic carbocycles. The predicted octanol–water partition coefficient (Wildman–Crippen LogP) is 1.01. The van der Waals surface area contributed by atoms with Gasteiger partial charge in [-0.15, -0.1) is 0 Å². The van der Waals surface area contributed by atoms with Crippen molar-refractivity contribution in [1.82, 2.24) is 10.2 Å². The van der Waals surface area contributed by atoms with Crippen LogP contribution in [0.3, 0.4) is 0 Å². The Kier molecular flexibility index (Phi) is 4.40. The highest BCUT2D eigenvalue weighted by molar-refractivity contribution is 5.82. The third-order valence-electron chi connectivity index (χ3n) is 4.12. The lowest BCUT2D eigenvalue weighted by atomic mass is 9.85. The molecule has 1 amide bonds. The Morgan fingerprint density at radius 2 is 2.24 bits per heavy atom. The molecule has 1 N–H and O–H groups in total. The van der Waals surface area contributed by atoms with Gasteiger partial charge in [0.25, 0.3) is 0 Å². The number of nitrogens with one attached hydrogen (secondary N) is 1. The summed E-state index contributed by atoms with van der Waals surface area (Å²) in [6.07, 6.45) is 4.94. The fourth-order valence-electron chi connectivity index (χ4n) is 2.65. The summed E-state index contributed by atoms with van der Waals surface area (Å²) in [5, 5.41) is 3.27. The molecule has 1 saturated heterocycles. The summed E-state index contributed by atoms with van der Waals surface area (Å²) in [4.78, 5) is 14.3. The van der Waals surface area contributed by atoms with Crippen molar-refractivity contribution < 1.29 is 9.53 Å². The molecule has 2 aliphatic rings. The van der Waals surface area contributed by atoms with Gasteiger partial charge in [0.05, 0.1) is 12.1 Å². The molecular weight excluding hydrogens is 216 g/mol. The molecule has 2 unspecified atom stereocenters. The number of hydrogen-bond acceptors (Lipinski definition) is 3. The molecule has 0 bridgehead atoms. The molecule has 2 rings (SSSR count). The summed E-state index contributed by atoms with van der Waals surface area (Å²) in [5.74, 6) is 1.01. The Morgan fingerprint density at radius 1 is 1.47 bits per heavy atom. The van der Waals surface area contributed by atoms with Crippen LogP contribution in [0.4, 0.5) is 0 Å². The van der Waals surface area contributed by atoms with Crippen LogP contribution >= 0.6 is 0 Å². The summed E-state index contributed by atoms with van der Waals surface area (Å²) in [5.41, 5.74) is 0. The zero-order valence-electron chi connectivity index (χ0n) is 10.9. The molecule has 4 nitrogen and oxygen atoms in total. The average molecular weight is 240 g/mol. The number of methoxy groups -OCH3 is 1. The molecular formula is C13H24N2O2. The Labute approximate surface area is 104 Å². The summed E-state index contributed by atoms with van der Waals surface area (Å²) in [6.45, 7) is 4.64. The van der Waals surface area contributed by atoms with E-state index < -0.39 is 0 Å². The van der Waals surface area contributed by atoms with E-state index in [0.29, 0.717) is 0 Å². The molecule has 2 fully saturated rings. The topological polar surface area (TPSA) is 41.6 Å². The normalized spacial score (nSPS) is 29.1. The van der Waals surface area contributed by atoms with E-state index in [1.54, 1.807) is 7.11 Å². The fourth-order valence-corrected chi connectivity index (χ4v) is 2.65. The van der Waals surface area contributed by atoms with Crippen molar-refractivity contribution in [2.45, 2.75) is 44.8 Å². The van der Waals surface area contributed by atoms with Gasteiger partial charge < -0.3 is 15.0 Å². The van der Waals surface area contributed by atoms with Crippen molar-refractivity contribution in [1.29, 1.82) is 0 Å². The lowest BCUT2D eigenvalue weighted by molar-refractivity contribution is -0.134. The van der Waals surface area contributed by atoms with E-state index in [2.05, 4.69) is 12.2 Å². The first-order chi connectivity index (χ1) is 8.24. The van der Waals surface area contributed by atoms with Gasteiger partial charge in [-0.2, -0.15) is 0 Å². The van der Waals surface area contributed by atoms with Gasteiger partial charge in [0, 0.05) is 26.7 Å². The molecule has 4 heteroatoms. The number of ether oxygens (including phenoxy) is 1. The van der Waals surface area contributed by atoms with Crippen molar-refractivity contribution in [3.8, 4) is 0 Å².